The van der Waals surface area contributed by atoms with Crippen LogP contribution in [0.2, 0.25) is 0 Å². The molecule has 0 radical (unpaired) electrons. The molecule has 2 N–H and O–H groups in total. The molecule has 5 heteroatoms. The highest BCUT2D eigenvalue weighted by Crippen LogP contribution is 2.40. The molecular formula is C16H25BrN2OS. The fourth-order valence-corrected chi connectivity index (χ4v) is 4.61. The van der Waals surface area contributed by atoms with Gasteiger partial charge in [0.25, 0.3) is 0 Å². The molecule has 0 unspecified atom stereocenters. The number of nitrogens with two attached hydrogens (primary N) is 1. The maximum atomic E-state index is 13.0. The minimum Gasteiger partial charge on any atom is -0.337 e. The summed E-state index contributed by atoms with van der Waals surface area (Å²) in [6, 6.07) is 4.13. The first-order valence-electron chi connectivity index (χ1n) is 7.74. The molecule has 1 saturated carbocycles. The van der Waals surface area contributed by atoms with E-state index in [4.69, 9.17) is 5.73 Å². The molecule has 1 aliphatic rings. The Morgan fingerprint density at radius 2 is 2.14 bits per heavy atom. The Morgan fingerprint density at radius 3 is 2.62 bits per heavy atom. The Balaban J connectivity index is 2.10. The molecule has 3 nitrogen and oxygen atoms in total. The van der Waals surface area contributed by atoms with Gasteiger partial charge in [-0.25, -0.2) is 0 Å². The van der Waals surface area contributed by atoms with E-state index in [9.17, 15) is 4.79 Å². The fraction of sp³-hybridized carbons (Fsp3) is 0.688. The molecular weight excluding hydrogens is 348 g/mol. The number of carbonyl (C=O) groups is 1. The summed E-state index contributed by atoms with van der Waals surface area (Å²) in [4.78, 5) is 16.2. The van der Waals surface area contributed by atoms with E-state index in [-0.39, 0.29) is 11.3 Å². The number of thiophene rings is 1. The Bertz CT molecular complexity index is 480. The highest BCUT2D eigenvalue weighted by molar-refractivity contribution is 9.11. The third-order valence-corrected chi connectivity index (χ3v) is 6.33. The van der Waals surface area contributed by atoms with E-state index < -0.39 is 0 Å². The van der Waals surface area contributed by atoms with Gasteiger partial charge in [-0.05, 0) is 66.6 Å². The highest BCUT2D eigenvalue weighted by Gasteiger charge is 2.41. The lowest BCUT2D eigenvalue weighted by atomic mass is 9.70. The topological polar surface area (TPSA) is 46.3 Å². The van der Waals surface area contributed by atoms with Gasteiger partial charge in [0, 0.05) is 18.0 Å². The summed E-state index contributed by atoms with van der Waals surface area (Å²) in [5.74, 6) is 0.977. The molecule has 0 aliphatic heterocycles. The molecule has 0 spiro atoms. The van der Waals surface area contributed by atoms with E-state index in [0.717, 1.165) is 41.9 Å². The molecule has 1 aliphatic carbocycles. The van der Waals surface area contributed by atoms with Crippen molar-refractivity contribution < 1.29 is 4.79 Å². The Hall–Kier alpha value is -0.390. The number of halogens is 1. The lowest BCUT2D eigenvalue weighted by Gasteiger charge is -2.40. The van der Waals surface area contributed by atoms with Gasteiger partial charge in [0.2, 0.25) is 5.91 Å². The highest BCUT2D eigenvalue weighted by atomic mass is 79.9. The molecule has 0 atom stereocenters. The third-order valence-electron chi connectivity index (χ3n) is 4.72. The number of hydrogen-bond acceptors (Lipinski definition) is 3. The largest absolute Gasteiger partial charge is 0.337 e. The van der Waals surface area contributed by atoms with Crippen molar-refractivity contribution in [3.05, 3.63) is 20.8 Å². The molecule has 21 heavy (non-hydrogen) atoms. The van der Waals surface area contributed by atoms with E-state index in [0.29, 0.717) is 13.1 Å². The Kier molecular flexibility index (Phi) is 5.86. The molecule has 1 aromatic rings. The number of amides is 1. The zero-order valence-corrected chi connectivity index (χ0v) is 15.3. The van der Waals surface area contributed by atoms with Crippen molar-refractivity contribution in [3.63, 3.8) is 0 Å². The third kappa shape index (κ3) is 3.88. The fourth-order valence-electron chi connectivity index (χ4n) is 3.11. The quantitative estimate of drug-likeness (QED) is 0.848. The van der Waals surface area contributed by atoms with Crippen LogP contribution in [0.5, 0.6) is 0 Å². The van der Waals surface area contributed by atoms with Crippen LogP contribution in [0.3, 0.4) is 0 Å². The van der Waals surface area contributed by atoms with E-state index in [1.54, 1.807) is 11.3 Å². The van der Waals surface area contributed by atoms with Crippen LogP contribution in [0.15, 0.2) is 15.9 Å². The zero-order chi connectivity index (χ0) is 15.5. The zero-order valence-electron chi connectivity index (χ0n) is 12.9. The number of carbonyl (C=O) groups excluding carboxylic acids is 1. The van der Waals surface area contributed by atoms with Crippen molar-refractivity contribution in [3.8, 4) is 0 Å². The van der Waals surface area contributed by atoms with E-state index in [1.807, 2.05) is 11.0 Å². The van der Waals surface area contributed by atoms with Crippen molar-refractivity contribution in [2.24, 2.45) is 17.1 Å². The SMILES string of the molecule is CCN(Cc1ccc(Br)s1)C(=O)C1(CN)CCC(C)CC1. The Labute approximate surface area is 140 Å². The molecule has 1 heterocycles. The van der Waals surface area contributed by atoms with E-state index in [2.05, 4.69) is 35.8 Å². The second kappa shape index (κ2) is 7.25. The lowest BCUT2D eigenvalue weighted by molar-refractivity contribution is -0.144. The van der Waals surface area contributed by atoms with Crippen LogP contribution in [-0.4, -0.2) is 23.9 Å². The van der Waals surface area contributed by atoms with Crippen molar-refractivity contribution in [1.29, 1.82) is 0 Å². The van der Waals surface area contributed by atoms with Crippen LogP contribution in [-0.2, 0) is 11.3 Å². The second-order valence-electron chi connectivity index (χ2n) is 6.19. The van der Waals surface area contributed by atoms with Crippen molar-refractivity contribution in [2.45, 2.75) is 46.1 Å². The minimum atomic E-state index is -0.322. The van der Waals surface area contributed by atoms with Gasteiger partial charge in [0.15, 0.2) is 0 Å². The first-order valence-corrected chi connectivity index (χ1v) is 9.35. The van der Waals surface area contributed by atoms with Crippen LogP contribution in [0.1, 0.15) is 44.4 Å². The van der Waals surface area contributed by atoms with Crippen LogP contribution in [0.4, 0.5) is 0 Å². The predicted molar refractivity (Wildman–Crippen MR) is 92.2 cm³/mol. The maximum absolute atomic E-state index is 13.0. The van der Waals surface area contributed by atoms with Gasteiger partial charge in [0.1, 0.15) is 0 Å². The average molecular weight is 373 g/mol. The predicted octanol–water partition coefficient (Wildman–Crippen LogP) is 4.01. The van der Waals surface area contributed by atoms with Gasteiger partial charge in [0.05, 0.1) is 15.7 Å². The van der Waals surface area contributed by atoms with Crippen molar-refractivity contribution in [1.82, 2.24) is 4.90 Å². The van der Waals surface area contributed by atoms with Crippen molar-refractivity contribution in [2.75, 3.05) is 13.1 Å². The van der Waals surface area contributed by atoms with Gasteiger partial charge in [-0.1, -0.05) is 6.92 Å². The van der Waals surface area contributed by atoms with Gasteiger partial charge < -0.3 is 10.6 Å². The molecule has 118 valence electrons. The van der Waals surface area contributed by atoms with Crippen molar-refractivity contribution >= 4 is 33.2 Å². The van der Waals surface area contributed by atoms with Gasteiger partial charge in [-0.15, -0.1) is 11.3 Å². The summed E-state index contributed by atoms with van der Waals surface area (Å²) < 4.78 is 1.11. The summed E-state index contributed by atoms with van der Waals surface area (Å²) in [7, 11) is 0. The smallest absolute Gasteiger partial charge is 0.230 e. The van der Waals surface area contributed by atoms with Crippen LogP contribution < -0.4 is 5.73 Å². The molecule has 0 aromatic carbocycles. The summed E-state index contributed by atoms with van der Waals surface area (Å²) in [6.07, 6.45) is 4.11. The molecule has 2 rings (SSSR count). The van der Waals surface area contributed by atoms with Crippen LogP contribution >= 0.6 is 27.3 Å². The van der Waals surface area contributed by atoms with Crippen LogP contribution in [0, 0.1) is 11.3 Å². The average Bonchev–Trinajstić information content (AvgIpc) is 2.90. The van der Waals surface area contributed by atoms with Gasteiger partial charge in [-0.3, -0.25) is 4.79 Å². The van der Waals surface area contributed by atoms with E-state index in [1.165, 1.54) is 4.88 Å². The van der Waals surface area contributed by atoms with Gasteiger partial charge >= 0.3 is 0 Å². The second-order valence-corrected chi connectivity index (χ2v) is 8.74. The Morgan fingerprint density at radius 1 is 1.48 bits per heavy atom. The van der Waals surface area contributed by atoms with Gasteiger partial charge in [-0.2, -0.15) is 0 Å². The first-order chi connectivity index (χ1) is 10.0. The summed E-state index contributed by atoms with van der Waals surface area (Å²) in [6.45, 7) is 6.24. The maximum Gasteiger partial charge on any atom is 0.230 e. The molecule has 0 bridgehead atoms. The molecule has 1 fully saturated rings. The summed E-state index contributed by atoms with van der Waals surface area (Å²) in [5.41, 5.74) is 5.70. The van der Waals surface area contributed by atoms with Crippen LogP contribution in [0.25, 0.3) is 0 Å². The number of rotatable bonds is 5. The number of hydrogen-bond donors (Lipinski definition) is 1. The minimum absolute atomic E-state index is 0.254. The molecule has 1 amide bonds. The normalized spacial score (nSPS) is 25.8. The summed E-state index contributed by atoms with van der Waals surface area (Å²) in [5, 5.41) is 0. The first kappa shape index (κ1) is 17.0. The lowest BCUT2D eigenvalue weighted by Crippen LogP contribution is -2.49. The summed E-state index contributed by atoms with van der Waals surface area (Å²) >= 11 is 5.18. The monoisotopic (exact) mass is 372 g/mol. The molecule has 0 saturated heterocycles. The van der Waals surface area contributed by atoms with E-state index >= 15 is 0 Å². The molecule has 1 aromatic heterocycles. The standard InChI is InChI=1S/C16H25BrN2OS/c1-3-19(10-13-4-5-14(17)21-13)15(20)16(11-18)8-6-12(2)7-9-16/h4-5,12H,3,6-11,18H2,1-2H3. The number of nitrogens with zero attached hydrogens (tertiary/aromatic N) is 1.